The average Bonchev–Trinajstić information content (AvgIpc) is 2.90. The summed E-state index contributed by atoms with van der Waals surface area (Å²) in [6, 6.07) is 0. The molecule has 1 aromatic heterocycles. The number of H-pyrrole nitrogens is 1. The monoisotopic (exact) mass is 180 g/mol. The number of aldehydes is 1. The van der Waals surface area contributed by atoms with Crippen molar-refractivity contribution in [2.24, 2.45) is 0 Å². The summed E-state index contributed by atoms with van der Waals surface area (Å²) < 4.78 is 1.49. The average molecular weight is 180 g/mol. The number of hydrogen-bond acceptors (Lipinski definition) is 2. The summed E-state index contributed by atoms with van der Waals surface area (Å²) in [5.74, 6) is 0.417. The molecule has 1 saturated carbocycles. The van der Waals surface area contributed by atoms with Gasteiger partial charge in [-0.05, 0) is 19.8 Å². The summed E-state index contributed by atoms with van der Waals surface area (Å²) in [5.41, 5.74) is 1.21. The van der Waals surface area contributed by atoms with Crippen LogP contribution < -0.4 is 5.69 Å². The molecule has 4 nitrogen and oxygen atoms in total. The number of carbonyl (C=O) groups excluding carboxylic acids is 1. The summed E-state index contributed by atoms with van der Waals surface area (Å²) in [6.45, 7) is 2.41. The molecule has 0 aromatic carbocycles. The number of carbonyl (C=O) groups is 1. The Balaban J connectivity index is 2.56. The van der Waals surface area contributed by atoms with E-state index >= 15 is 0 Å². The maximum atomic E-state index is 11.3. The number of aromatic nitrogens is 2. The second-order valence-corrected chi connectivity index (χ2v) is 3.37. The van der Waals surface area contributed by atoms with Gasteiger partial charge in [0.1, 0.15) is 5.69 Å². The van der Waals surface area contributed by atoms with E-state index in [9.17, 15) is 9.59 Å². The molecule has 1 heterocycles. The quantitative estimate of drug-likeness (QED) is 0.702. The third kappa shape index (κ3) is 1.22. The van der Waals surface area contributed by atoms with Crippen molar-refractivity contribution in [1.82, 2.24) is 9.55 Å². The largest absolute Gasteiger partial charge is 0.326 e. The summed E-state index contributed by atoms with van der Waals surface area (Å²) in [7, 11) is 0. The van der Waals surface area contributed by atoms with Crippen molar-refractivity contribution in [3.8, 4) is 0 Å². The number of hydrogen-bond donors (Lipinski definition) is 1. The molecule has 4 heteroatoms. The van der Waals surface area contributed by atoms with Crippen LogP contribution in [0.2, 0.25) is 0 Å². The molecule has 70 valence electrons. The smallest absolute Gasteiger partial charge is 0.309 e. The van der Waals surface area contributed by atoms with Gasteiger partial charge in [0.2, 0.25) is 0 Å². The molecular formula is C9H12N2O2. The Morgan fingerprint density at radius 2 is 2.31 bits per heavy atom. The molecule has 1 N–H and O–H groups in total. The van der Waals surface area contributed by atoms with E-state index in [1.54, 1.807) is 0 Å². The van der Waals surface area contributed by atoms with Gasteiger partial charge in [0.25, 0.3) is 0 Å². The van der Waals surface area contributed by atoms with Crippen LogP contribution in [-0.4, -0.2) is 15.8 Å². The van der Waals surface area contributed by atoms with E-state index in [0.29, 0.717) is 18.2 Å². The van der Waals surface area contributed by atoms with E-state index in [4.69, 9.17) is 0 Å². The molecule has 0 saturated heterocycles. The van der Waals surface area contributed by atoms with Crippen LogP contribution in [0.25, 0.3) is 0 Å². The third-order valence-corrected chi connectivity index (χ3v) is 2.47. The number of aromatic amines is 1. The van der Waals surface area contributed by atoms with Gasteiger partial charge in [0, 0.05) is 18.2 Å². The summed E-state index contributed by atoms with van der Waals surface area (Å²) in [4.78, 5) is 24.9. The molecule has 0 radical (unpaired) electrons. The zero-order chi connectivity index (χ0) is 9.42. The van der Waals surface area contributed by atoms with Gasteiger partial charge in [-0.2, -0.15) is 0 Å². The Kier molecular flexibility index (Phi) is 1.83. The molecule has 1 aliphatic carbocycles. The van der Waals surface area contributed by atoms with E-state index in [2.05, 4.69) is 4.98 Å². The Bertz CT molecular complexity index is 385. The lowest BCUT2D eigenvalue weighted by Gasteiger charge is -1.97. The maximum Gasteiger partial charge on any atom is 0.326 e. The van der Waals surface area contributed by atoms with Crippen molar-refractivity contribution in [3.05, 3.63) is 21.9 Å². The van der Waals surface area contributed by atoms with Gasteiger partial charge in [-0.15, -0.1) is 0 Å². The lowest BCUT2D eigenvalue weighted by molar-refractivity contribution is 0.111. The molecular weight excluding hydrogens is 168 g/mol. The van der Waals surface area contributed by atoms with Crippen LogP contribution in [0, 0.1) is 0 Å². The molecule has 0 spiro atoms. The molecule has 0 unspecified atom stereocenters. The van der Waals surface area contributed by atoms with Gasteiger partial charge in [-0.1, -0.05) is 0 Å². The van der Waals surface area contributed by atoms with Gasteiger partial charge in [-0.25, -0.2) is 4.79 Å². The standard InChI is InChI=1S/C9H12N2O2/c1-2-11-7(5-12)8(6-3-4-6)10-9(11)13/h5-6H,2-4H2,1H3,(H,10,13). The molecule has 2 rings (SSSR count). The number of nitrogens with one attached hydrogen (secondary N) is 1. The van der Waals surface area contributed by atoms with Crippen LogP contribution >= 0.6 is 0 Å². The second kappa shape index (κ2) is 2.87. The van der Waals surface area contributed by atoms with Crippen molar-refractivity contribution < 1.29 is 4.79 Å². The predicted octanol–water partition coefficient (Wildman–Crippen LogP) is 0.886. The van der Waals surface area contributed by atoms with Crippen LogP contribution in [-0.2, 0) is 6.54 Å². The molecule has 0 atom stereocenters. The fourth-order valence-electron chi connectivity index (χ4n) is 1.63. The maximum absolute atomic E-state index is 11.3. The first kappa shape index (κ1) is 8.29. The molecule has 1 aromatic rings. The van der Waals surface area contributed by atoms with Crippen LogP contribution in [0.15, 0.2) is 4.79 Å². The van der Waals surface area contributed by atoms with Crippen LogP contribution in [0.3, 0.4) is 0 Å². The Morgan fingerprint density at radius 1 is 1.62 bits per heavy atom. The van der Waals surface area contributed by atoms with E-state index in [1.165, 1.54) is 4.57 Å². The van der Waals surface area contributed by atoms with Crippen LogP contribution in [0.1, 0.15) is 41.9 Å². The highest BCUT2D eigenvalue weighted by Crippen LogP contribution is 2.39. The number of imidazole rings is 1. The summed E-state index contributed by atoms with van der Waals surface area (Å²) in [6.07, 6.45) is 2.95. The van der Waals surface area contributed by atoms with E-state index < -0.39 is 0 Å². The number of nitrogens with zero attached hydrogens (tertiary/aromatic N) is 1. The normalized spacial score (nSPS) is 16.1. The third-order valence-electron chi connectivity index (χ3n) is 2.47. The van der Waals surface area contributed by atoms with E-state index in [-0.39, 0.29) is 5.69 Å². The first-order valence-electron chi connectivity index (χ1n) is 4.55. The number of rotatable bonds is 3. The molecule has 13 heavy (non-hydrogen) atoms. The lowest BCUT2D eigenvalue weighted by atomic mass is 10.2. The van der Waals surface area contributed by atoms with Gasteiger partial charge in [0.05, 0.1) is 0 Å². The van der Waals surface area contributed by atoms with Crippen LogP contribution in [0.5, 0.6) is 0 Å². The van der Waals surface area contributed by atoms with Gasteiger partial charge in [0.15, 0.2) is 6.29 Å². The lowest BCUT2D eigenvalue weighted by Crippen LogP contribution is -2.17. The van der Waals surface area contributed by atoms with Crippen molar-refractivity contribution >= 4 is 6.29 Å². The molecule has 0 amide bonds. The fourth-order valence-corrected chi connectivity index (χ4v) is 1.63. The van der Waals surface area contributed by atoms with E-state index in [1.807, 2.05) is 6.92 Å². The Hall–Kier alpha value is -1.32. The topological polar surface area (TPSA) is 54.9 Å². The molecule has 0 aliphatic heterocycles. The molecule has 1 fully saturated rings. The van der Waals surface area contributed by atoms with E-state index in [0.717, 1.165) is 24.8 Å². The zero-order valence-corrected chi connectivity index (χ0v) is 7.54. The predicted molar refractivity (Wildman–Crippen MR) is 48.1 cm³/mol. The first-order valence-corrected chi connectivity index (χ1v) is 4.55. The SMILES string of the molecule is CCn1c(C=O)c(C2CC2)[nH]c1=O. The minimum absolute atomic E-state index is 0.161. The minimum Gasteiger partial charge on any atom is -0.309 e. The van der Waals surface area contributed by atoms with Crippen molar-refractivity contribution in [2.45, 2.75) is 32.2 Å². The first-order chi connectivity index (χ1) is 6.27. The van der Waals surface area contributed by atoms with Gasteiger partial charge < -0.3 is 4.98 Å². The molecule has 0 bridgehead atoms. The Morgan fingerprint density at radius 3 is 2.77 bits per heavy atom. The highest BCUT2D eigenvalue weighted by molar-refractivity contribution is 5.74. The highest BCUT2D eigenvalue weighted by Gasteiger charge is 2.29. The summed E-state index contributed by atoms with van der Waals surface area (Å²) in [5, 5.41) is 0. The summed E-state index contributed by atoms with van der Waals surface area (Å²) >= 11 is 0. The second-order valence-electron chi connectivity index (χ2n) is 3.37. The van der Waals surface area contributed by atoms with Crippen molar-refractivity contribution in [2.75, 3.05) is 0 Å². The van der Waals surface area contributed by atoms with Gasteiger partial charge in [-0.3, -0.25) is 9.36 Å². The fraction of sp³-hybridized carbons (Fsp3) is 0.556. The van der Waals surface area contributed by atoms with Crippen LogP contribution in [0.4, 0.5) is 0 Å². The highest BCUT2D eigenvalue weighted by atomic mass is 16.1. The van der Waals surface area contributed by atoms with Crippen molar-refractivity contribution in [1.29, 1.82) is 0 Å². The minimum atomic E-state index is -0.161. The van der Waals surface area contributed by atoms with Gasteiger partial charge >= 0.3 is 5.69 Å². The molecule has 1 aliphatic rings. The van der Waals surface area contributed by atoms with Crippen molar-refractivity contribution in [3.63, 3.8) is 0 Å². The zero-order valence-electron chi connectivity index (χ0n) is 7.54. The Labute approximate surface area is 75.6 Å².